The van der Waals surface area contributed by atoms with Crippen molar-refractivity contribution in [2.45, 2.75) is 25.8 Å². The number of hydrogen-bond acceptors (Lipinski definition) is 2. The quantitative estimate of drug-likeness (QED) is 0.828. The van der Waals surface area contributed by atoms with Gasteiger partial charge in [0.25, 0.3) is 0 Å². The van der Waals surface area contributed by atoms with Gasteiger partial charge in [-0.3, -0.25) is 4.79 Å². The van der Waals surface area contributed by atoms with Gasteiger partial charge in [-0.05, 0) is 18.6 Å². The van der Waals surface area contributed by atoms with Gasteiger partial charge in [0, 0.05) is 0 Å². The molecule has 88 valence electrons. The van der Waals surface area contributed by atoms with Crippen LogP contribution in [0.15, 0.2) is 18.2 Å². The maximum absolute atomic E-state index is 13.2. The summed E-state index contributed by atoms with van der Waals surface area (Å²) in [6, 6.07) is 2.89. The van der Waals surface area contributed by atoms with Crippen molar-refractivity contribution in [2.75, 3.05) is 5.32 Å². The van der Waals surface area contributed by atoms with Gasteiger partial charge in [-0.25, -0.2) is 8.78 Å². The molecule has 1 amide bonds. The predicted octanol–water partition coefficient (Wildman–Crippen LogP) is 2.03. The average molecular weight is 228 g/mol. The van der Waals surface area contributed by atoms with Crippen LogP contribution < -0.4 is 11.1 Å². The van der Waals surface area contributed by atoms with E-state index in [0.717, 1.165) is 12.5 Å². The van der Waals surface area contributed by atoms with Gasteiger partial charge in [-0.1, -0.05) is 19.4 Å². The molecule has 0 aliphatic heterocycles. The number of amides is 1. The highest BCUT2D eigenvalue weighted by atomic mass is 19.2. The molecule has 0 aliphatic rings. The van der Waals surface area contributed by atoms with Gasteiger partial charge in [0.2, 0.25) is 5.91 Å². The molecule has 0 unspecified atom stereocenters. The molecule has 0 radical (unpaired) electrons. The number of hydrogen-bond donors (Lipinski definition) is 2. The topological polar surface area (TPSA) is 55.1 Å². The Morgan fingerprint density at radius 2 is 2.19 bits per heavy atom. The molecular formula is C11H14F2N2O. The largest absolute Gasteiger partial charge is 0.322 e. The van der Waals surface area contributed by atoms with Gasteiger partial charge in [-0.2, -0.15) is 0 Å². The van der Waals surface area contributed by atoms with Crippen LogP contribution in [-0.4, -0.2) is 11.9 Å². The van der Waals surface area contributed by atoms with Crippen molar-refractivity contribution >= 4 is 11.6 Å². The van der Waals surface area contributed by atoms with Crippen molar-refractivity contribution in [3.05, 3.63) is 29.8 Å². The fraction of sp³-hybridized carbons (Fsp3) is 0.364. The van der Waals surface area contributed by atoms with Crippen LogP contribution in [0.2, 0.25) is 0 Å². The molecule has 0 fully saturated rings. The summed E-state index contributed by atoms with van der Waals surface area (Å²) in [6.07, 6.45) is 1.25. The maximum Gasteiger partial charge on any atom is 0.241 e. The first-order valence-electron chi connectivity index (χ1n) is 5.06. The molecule has 0 saturated heterocycles. The molecule has 3 N–H and O–H groups in total. The van der Waals surface area contributed by atoms with Gasteiger partial charge in [0.1, 0.15) is 0 Å². The summed E-state index contributed by atoms with van der Waals surface area (Å²) in [4.78, 5) is 11.4. The van der Waals surface area contributed by atoms with Crippen molar-refractivity contribution < 1.29 is 13.6 Å². The van der Waals surface area contributed by atoms with E-state index in [1.165, 1.54) is 12.1 Å². The Labute approximate surface area is 92.6 Å². The minimum atomic E-state index is -1.07. The summed E-state index contributed by atoms with van der Waals surface area (Å²) in [7, 11) is 0. The third kappa shape index (κ3) is 3.00. The predicted molar refractivity (Wildman–Crippen MR) is 57.9 cm³/mol. The monoisotopic (exact) mass is 228 g/mol. The van der Waals surface area contributed by atoms with E-state index in [1.54, 1.807) is 0 Å². The Hall–Kier alpha value is -1.49. The molecular weight excluding hydrogens is 214 g/mol. The lowest BCUT2D eigenvalue weighted by molar-refractivity contribution is -0.117. The molecule has 0 bridgehead atoms. The normalized spacial score (nSPS) is 12.2. The second kappa shape index (κ2) is 5.55. The summed E-state index contributed by atoms with van der Waals surface area (Å²) in [5, 5.41) is 2.26. The van der Waals surface area contributed by atoms with Crippen LogP contribution in [-0.2, 0) is 4.79 Å². The third-order valence-electron chi connectivity index (χ3n) is 2.15. The van der Waals surface area contributed by atoms with Crippen LogP contribution in [0.4, 0.5) is 14.5 Å². The standard InChI is InChI=1S/C11H14F2N2O/c1-2-4-8(14)11(16)15-9-6-3-5-7(12)10(9)13/h3,5-6,8H,2,4,14H2,1H3,(H,15,16)/t8-/m0/s1. The first-order valence-corrected chi connectivity index (χ1v) is 5.06. The number of halogens is 2. The van der Waals surface area contributed by atoms with Crippen molar-refractivity contribution in [3.63, 3.8) is 0 Å². The summed E-state index contributed by atoms with van der Waals surface area (Å²) in [5.41, 5.74) is 5.35. The van der Waals surface area contributed by atoms with Crippen molar-refractivity contribution in [1.82, 2.24) is 0 Å². The Morgan fingerprint density at radius 1 is 1.50 bits per heavy atom. The number of rotatable bonds is 4. The van der Waals surface area contributed by atoms with E-state index in [-0.39, 0.29) is 5.69 Å². The SMILES string of the molecule is CCC[C@H](N)C(=O)Nc1cccc(F)c1F. The molecule has 1 aromatic rings. The molecule has 5 heteroatoms. The number of anilines is 1. The van der Waals surface area contributed by atoms with Crippen LogP contribution >= 0.6 is 0 Å². The molecule has 0 saturated carbocycles. The van der Waals surface area contributed by atoms with E-state index in [2.05, 4.69) is 5.32 Å². The zero-order valence-corrected chi connectivity index (χ0v) is 8.97. The minimum Gasteiger partial charge on any atom is -0.322 e. The van der Waals surface area contributed by atoms with E-state index < -0.39 is 23.6 Å². The van der Waals surface area contributed by atoms with Crippen molar-refractivity contribution in [3.8, 4) is 0 Å². The first-order chi connectivity index (χ1) is 7.56. The van der Waals surface area contributed by atoms with E-state index >= 15 is 0 Å². The number of carbonyl (C=O) groups excluding carboxylic acids is 1. The van der Waals surface area contributed by atoms with Crippen LogP contribution in [0.3, 0.4) is 0 Å². The Morgan fingerprint density at radius 3 is 2.81 bits per heavy atom. The summed E-state index contributed by atoms with van der Waals surface area (Å²) in [6.45, 7) is 1.88. The Bertz CT molecular complexity index is 382. The fourth-order valence-corrected chi connectivity index (χ4v) is 1.27. The maximum atomic E-state index is 13.2. The van der Waals surface area contributed by atoms with Gasteiger partial charge in [-0.15, -0.1) is 0 Å². The number of nitrogens with two attached hydrogens (primary N) is 1. The minimum absolute atomic E-state index is 0.184. The summed E-state index contributed by atoms with van der Waals surface area (Å²) >= 11 is 0. The van der Waals surface area contributed by atoms with E-state index in [0.29, 0.717) is 6.42 Å². The third-order valence-corrected chi connectivity index (χ3v) is 2.15. The van der Waals surface area contributed by atoms with Crippen LogP contribution in [0.25, 0.3) is 0 Å². The smallest absolute Gasteiger partial charge is 0.241 e. The molecule has 1 rings (SSSR count). The van der Waals surface area contributed by atoms with Gasteiger partial charge >= 0.3 is 0 Å². The average Bonchev–Trinajstić information content (AvgIpc) is 2.25. The highest BCUT2D eigenvalue weighted by molar-refractivity contribution is 5.94. The Kier molecular flexibility index (Phi) is 4.37. The van der Waals surface area contributed by atoms with Gasteiger partial charge in [0.15, 0.2) is 11.6 Å². The van der Waals surface area contributed by atoms with Crippen LogP contribution in [0.5, 0.6) is 0 Å². The van der Waals surface area contributed by atoms with E-state index in [4.69, 9.17) is 5.73 Å². The second-order valence-corrected chi connectivity index (χ2v) is 3.49. The molecule has 0 aliphatic carbocycles. The lowest BCUT2D eigenvalue weighted by atomic mass is 10.1. The van der Waals surface area contributed by atoms with Gasteiger partial charge < -0.3 is 11.1 Å². The molecule has 0 heterocycles. The first kappa shape index (κ1) is 12.6. The molecule has 0 spiro atoms. The number of carbonyl (C=O) groups is 1. The van der Waals surface area contributed by atoms with Crippen molar-refractivity contribution in [1.29, 1.82) is 0 Å². The highest BCUT2D eigenvalue weighted by Crippen LogP contribution is 2.16. The Balaban J connectivity index is 2.73. The van der Waals surface area contributed by atoms with E-state index in [1.807, 2.05) is 6.92 Å². The second-order valence-electron chi connectivity index (χ2n) is 3.49. The molecule has 16 heavy (non-hydrogen) atoms. The molecule has 3 nitrogen and oxygen atoms in total. The number of nitrogens with one attached hydrogen (secondary N) is 1. The highest BCUT2D eigenvalue weighted by Gasteiger charge is 2.15. The summed E-state index contributed by atoms with van der Waals surface area (Å²) in [5.74, 6) is -2.58. The fourth-order valence-electron chi connectivity index (χ4n) is 1.27. The zero-order chi connectivity index (χ0) is 12.1. The zero-order valence-electron chi connectivity index (χ0n) is 8.97. The molecule has 0 aromatic heterocycles. The van der Waals surface area contributed by atoms with Gasteiger partial charge in [0.05, 0.1) is 11.7 Å². The van der Waals surface area contributed by atoms with Crippen LogP contribution in [0, 0.1) is 11.6 Å². The van der Waals surface area contributed by atoms with E-state index in [9.17, 15) is 13.6 Å². The molecule has 1 atom stereocenters. The number of benzene rings is 1. The summed E-state index contributed by atoms with van der Waals surface area (Å²) < 4.78 is 26.0. The lowest BCUT2D eigenvalue weighted by Crippen LogP contribution is -2.35. The van der Waals surface area contributed by atoms with Crippen LogP contribution in [0.1, 0.15) is 19.8 Å². The lowest BCUT2D eigenvalue weighted by Gasteiger charge is -2.11. The molecule has 1 aromatic carbocycles. The van der Waals surface area contributed by atoms with Crippen molar-refractivity contribution in [2.24, 2.45) is 5.73 Å².